The van der Waals surface area contributed by atoms with Crippen LogP contribution < -0.4 is 11.1 Å². The molecule has 3 N–H and O–H groups in total. The van der Waals surface area contributed by atoms with Crippen LogP contribution in [0.15, 0.2) is 36.5 Å². The van der Waals surface area contributed by atoms with Gasteiger partial charge < -0.3 is 11.1 Å². The molecule has 0 radical (unpaired) electrons. The van der Waals surface area contributed by atoms with Gasteiger partial charge in [-0.2, -0.15) is 5.10 Å². The summed E-state index contributed by atoms with van der Waals surface area (Å²) in [7, 11) is 1.81. The first kappa shape index (κ1) is 14.3. The van der Waals surface area contributed by atoms with E-state index in [0.29, 0.717) is 12.4 Å². The number of aryl methyl sites for hydroxylation is 1. The first-order chi connectivity index (χ1) is 9.65. The Kier molecular flexibility index (Phi) is 4.53. The largest absolute Gasteiger partial charge is 0.326 e. The summed E-state index contributed by atoms with van der Waals surface area (Å²) in [4.78, 5) is 12.4. The Morgan fingerprint density at radius 1 is 1.40 bits per heavy atom. The SMILES string of the molecule is CCC(C(=O)Nc1nn(C)cc1CN)c1ccccc1. The zero-order valence-corrected chi connectivity index (χ0v) is 11.8. The molecule has 1 aromatic carbocycles. The van der Waals surface area contributed by atoms with Crippen LogP contribution in [-0.4, -0.2) is 15.7 Å². The normalized spacial score (nSPS) is 12.2. The molecule has 1 heterocycles. The number of nitrogens with one attached hydrogen (secondary N) is 1. The smallest absolute Gasteiger partial charge is 0.233 e. The topological polar surface area (TPSA) is 72.9 Å². The minimum atomic E-state index is -0.177. The molecule has 1 unspecified atom stereocenters. The van der Waals surface area contributed by atoms with Crippen molar-refractivity contribution in [2.24, 2.45) is 12.8 Å². The zero-order valence-electron chi connectivity index (χ0n) is 11.8. The number of aromatic nitrogens is 2. The number of hydrogen-bond acceptors (Lipinski definition) is 3. The van der Waals surface area contributed by atoms with E-state index < -0.39 is 0 Å². The van der Waals surface area contributed by atoms with Crippen LogP contribution in [0.25, 0.3) is 0 Å². The van der Waals surface area contributed by atoms with Crippen molar-refractivity contribution in [2.45, 2.75) is 25.8 Å². The number of amides is 1. The van der Waals surface area contributed by atoms with E-state index in [1.54, 1.807) is 4.68 Å². The van der Waals surface area contributed by atoms with Crippen LogP contribution in [0, 0.1) is 0 Å². The third-order valence-electron chi connectivity index (χ3n) is 3.29. The predicted octanol–water partition coefficient (Wildman–Crippen LogP) is 2.01. The summed E-state index contributed by atoms with van der Waals surface area (Å²) in [6.07, 6.45) is 2.56. The standard InChI is InChI=1S/C15H20N4O/c1-3-13(11-7-5-4-6-8-11)15(20)17-14-12(9-16)10-19(2)18-14/h4-8,10,13H,3,9,16H2,1-2H3,(H,17,18,20). The number of nitrogens with two attached hydrogens (primary N) is 1. The average Bonchev–Trinajstić information content (AvgIpc) is 2.80. The Morgan fingerprint density at radius 3 is 2.70 bits per heavy atom. The molecule has 1 atom stereocenters. The molecule has 106 valence electrons. The number of carbonyl (C=O) groups excluding carboxylic acids is 1. The van der Waals surface area contributed by atoms with E-state index in [9.17, 15) is 4.79 Å². The summed E-state index contributed by atoms with van der Waals surface area (Å²) >= 11 is 0. The summed E-state index contributed by atoms with van der Waals surface area (Å²) in [5, 5.41) is 7.12. The molecule has 0 spiro atoms. The Balaban J connectivity index is 2.17. The molecule has 1 amide bonds. The number of rotatable bonds is 5. The molecule has 2 rings (SSSR count). The summed E-state index contributed by atoms with van der Waals surface area (Å²) in [6, 6.07) is 9.76. The van der Waals surface area contributed by atoms with E-state index in [4.69, 9.17) is 5.73 Å². The van der Waals surface area contributed by atoms with E-state index in [-0.39, 0.29) is 11.8 Å². The van der Waals surface area contributed by atoms with Gasteiger partial charge in [-0.05, 0) is 12.0 Å². The van der Waals surface area contributed by atoms with E-state index in [0.717, 1.165) is 17.5 Å². The van der Waals surface area contributed by atoms with Crippen molar-refractivity contribution in [2.75, 3.05) is 5.32 Å². The van der Waals surface area contributed by atoms with E-state index in [2.05, 4.69) is 10.4 Å². The lowest BCUT2D eigenvalue weighted by atomic mass is 9.95. The fourth-order valence-corrected chi connectivity index (χ4v) is 2.25. The first-order valence-electron chi connectivity index (χ1n) is 6.74. The molecule has 5 heteroatoms. The van der Waals surface area contributed by atoms with Crippen molar-refractivity contribution in [3.63, 3.8) is 0 Å². The second-order valence-electron chi connectivity index (χ2n) is 4.74. The maximum absolute atomic E-state index is 12.4. The van der Waals surface area contributed by atoms with Crippen molar-refractivity contribution >= 4 is 11.7 Å². The molecule has 2 aromatic rings. The Hall–Kier alpha value is -2.14. The highest BCUT2D eigenvalue weighted by molar-refractivity contribution is 5.95. The Bertz CT molecular complexity index is 577. The Labute approximate surface area is 118 Å². The van der Waals surface area contributed by atoms with Crippen LogP contribution in [0.2, 0.25) is 0 Å². The van der Waals surface area contributed by atoms with Crippen LogP contribution in [0.3, 0.4) is 0 Å². The fourth-order valence-electron chi connectivity index (χ4n) is 2.25. The number of carbonyl (C=O) groups is 1. The van der Waals surface area contributed by atoms with Gasteiger partial charge in [-0.3, -0.25) is 9.48 Å². The molecule has 0 aliphatic heterocycles. The number of hydrogen-bond donors (Lipinski definition) is 2. The summed E-state index contributed by atoms with van der Waals surface area (Å²) in [6.45, 7) is 2.35. The molecule has 5 nitrogen and oxygen atoms in total. The van der Waals surface area contributed by atoms with Crippen LogP contribution in [0.5, 0.6) is 0 Å². The summed E-state index contributed by atoms with van der Waals surface area (Å²) < 4.78 is 1.65. The third kappa shape index (κ3) is 3.05. The van der Waals surface area contributed by atoms with E-state index in [1.807, 2.05) is 50.5 Å². The lowest BCUT2D eigenvalue weighted by Crippen LogP contribution is -2.22. The van der Waals surface area contributed by atoms with Crippen molar-refractivity contribution in [3.05, 3.63) is 47.7 Å². The maximum Gasteiger partial charge on any atom is 0.233 e. The second-order valence-corrected chi connectivity index (χ2v) is 4.74. The van der Waals surface area contributed by atoms with Crippen molar-refractivity contribution < 1.29 is 4.79 Å². The van der Waals surface area contributed by atoms with Gasteiger partial charge in [-0.15, -0.1) is 0 Å². The van der Waals surface area contributed by atoms with E-state index in [1.165, 1.54) is 0 Å². The zero-order chi connectivity index (χ0) is 14.5. The van der Waals surface area contributed by atoms with Gasteiger partial charge in [0.15, 0.2) is 5.82 Å². The van der Waals surface area contributed by atoms with Crippen LogP contribution >= 0.6 is 0 Å². The summed E-state index contributed by atoms with van der Waals surface area (Å²) in [5.41, 5.74) is 7.50. The molecule has 20 heavy (non-hydrogen) atoms. The van der Waals surface area contributed by atoms with Crippen LogP contribution in [0.4, 0.5) is 5.82 Å². The molecule has 1 aromatic heterocycles. The molecular weight excluding hydrogens is 252 g/mol. The van der Waals surface area contributed by atoms with Gasteiger partial charge in [-0.1, -0.05) is 37.3 Å². The molecule has 0 bridgehead atoms. The van der Waals surface area contributed by atoms with Crippen molar-refractivity contribution in [1.82, 2.24) is 9.78 Å². The van der Waals surface area contributed by atoms with Crippen LogP contribution in [-0.2, 0) is 18.4 Å². The molecule has 0 fully saturated rings. The Morgan fingerprint density at radius 2 is 2.10 bits per heavy atom. The molecule has 0 aliphatic carbocycles. The van der Waals surface area contributed by atoms with Gasteiger partial charge in [0, 0.05) is 25.4 Å². The minimum Gasteiger partial charge on any atom is -0.326 e. The highest BCUT2D eigenvalue weighted by Crippen LogP contribution is 2.22. The quantitative estimate of drug-likeness (QED) is 0.874. The summed E-state index contributed by atoms with van der Waals surface area (Å²) in [5.74, 6) is 0.324. The molecule has 0 saturated carbocycles. The van der Waals surface area contributed by atoms with Crippen LogP contribution in [0.1, 0.15) is 30.4 Å². The highest BCUT2D eigenvalue weighted by Gasteiger charge is 2.20. The van der Waals surface area contributed by atoms with Crippen molar-refractivity contribution in [1.29, 1.82) is 0 Å². The molecular formula is C15H20N4O. The van der Waals surface area contributed by atoms with Gasteiger partial charge in [0.25, 0.3) is 0 Å². The third-order valence-corrected chi connectivity index (χ3v) is 3.29. The van der Waals surface area contributed by atoms with Gasteiger partial charge in [-0.25, -0.2) is 0 Å². The monoisotopic (exact) mass is 272 g/mol. The highest BCUT2D eigenvalue weighted by atomic mass is 16.2. The number of nitrogens with zero attached hydrogens (tertiary/aromatic N) is 2. The van der Waals surface area contributed by atoms with Crippen molar-refractivity contribution in [3.8, 4) is 0 Å². The first-order valence-corrected chi connectivity index (χ1v) is 6.74. The lowest BCUT2D eigenvalue weighted by Gasteiger charge is -2.14. The van der Waals surface area contributed by atoms with Gasteiger partial charge in [0.2, 0.25) is 5.91 Å². The van der Waals surface area contributed by atoms with Gasteiger partial charge in [0.05, 0.1) is 5.92 Å². The predicted molar refractivity (Wildman–Crippen MR) is 79.2 cm³/mol. The minimum absolute atomic E-state index is 0.0490. The molecule has 0 aliphatic rings. The fraction of sp³-hybridized carbons (Fsp3) is 0.333. The van der Waals surface area contributed by atoms with Gasteiger partial charge >= 0.3 is 0 Å². The maximum atomic E-state index is 12.4. The number of benzene rings is 1. The number of anilines is 1. The van der Waals surface area contributed by atoms with E-state index >= 15 is 0 Å². The second kappa shape index (κ2) is 6.34. The average molecular weight is 272 g/mol. The lowest BCUT2D eigenvalue weighted by molar-refractivity contribution is -0.117. The van der Waals surface area contributed by atoms with Gasteiger partial charge in [0.1, 0.15) is 0 Å². The molecule has 0 saturated heterocycles.